The molecule has 0 bridgehead atoms. The first-order valence-corrected chi connectivity index (χ1v) is 10.2. The normalized spacial score (nSPS) is 15.8. The van der Waals surface area contributed by atoms with Gasteiger partial charge in [0.05, 0.1) is 5.52 Å². The first-order chi connectivity index (χ1) is 14.2. The molecule has 0 N–H and O–H groups in total. The standard InChI is InChI=1S/C25H24FN3/c1-28-14-10-19(11-15-28)24-17-29(22-5-3-21(26)4-6-22)25-7-2-20(16-23(24)25)18-8-12-27-13-9-18/h2-9,12-13,16-17,19H,10-11,14-15H2,1H3. The molecule has 0 saturated carbocycles. The number of benzene rings is 2. The van der Waals surface area contributed by atoms with E-state index in [4.69, 9.17) is 0 Å². The van der Waals surface area contributed by atoms with Crippen molar-refractivity contribution in [3.63, 3.8) is 0 Å². The van der Waals surface area contributed by atoms with Gasteiger partial charge in [0.25, 0.3) is 0 Å². The average molecular weight is 385 g/mol. The van der Waals surface area contributed by atoms with E-state index in [9.17, 15) is 4.39 Å². The highest BCUT2D eigenvalue weighted by atomic mass is 19.1. The molecule has 2 aromatic heterocycles. The summed E-state index contributed by atoms with van der Waals surface area (Å²) in [6.07, 6.45) is 8.27. The van der Waals surface area contributed by atoms with Crippen LogP contribution in [0.5, 0.6) is 0 Å². The predicted molar refractivity (Wildman–Crippen MR) is 116 cm³/mol. The number of hydrogen-bond donors (Lipinski definition) is 0. The molecule has 1 fully saturated rings. The van der Waals surface area contributed by atoms with Crippen molar-refractivity contribution in [3.8, 4) is 16.8 Å². The van der Waals surface area contributed by atoms with Gasteiger partial charge in [-0.05, 0) is 104 Å². The number of piperidine rings is 1. The van der Waals surface area contributed by atoms with Crippen molar-refractivity contribution in [2.75, 3.05) is 20.1 Å². The minimum Gasteiger partial charge on any atom is -0.316 e. The van der Waals surface area contributed by atoms with Gasteiger partial charge in [-0.15, -0.1) is 0 Å². The second kappa shape index (κ2) is 7.45. The van der Waals surface area contributed by atoms with E-state index in [1.807, 2.05) is 36.7 Å². The highest BCUT2D eigenvalue weighted by Crippen LogP contribution is 2.37. The summed E-state index contributed by atoms with van der Waals surface area (Å²) >= 11 is 0. The molecule has 0 unspecified atom stereocenters. The summed E-state index contributed by atoms with van der Waals surface area (Å²) in [5.74, 6) is 0.337. The minimum atomic E-state index is -0.208. The summed E-state index contributed by atoms with van der Waals surface area (Å²) in [6, 6.07) is 17.5. The van der Waals surface area contributed by atoms with Crippen LogP contribution in [0.1, 0.15) is 24.3 Å². The first kappa shape index (κ1) is 18.1. The summed E-state index contributed by atoms with van der Waals surface area (Å²) in [5, 5.41) is 1.29. The Morgan fingerprint density at radius 3 is 2.34 bits per heavy atom. The zero-order valence-electron chi connectivity index (χ0n) is 16.6. The van der Waals surface area contributed by atoms with E-state index < -0.39 is 0 Å². The highest BCUT2D eigenvalue weighted by Gasteiger charge is 2.23. The van der Waals surface area contributed by atoms with Crippen LogP contribution in [-0.4, -0.2) is 34.6 Å². The minimum absolute atomic E-state index is 0.208. The Kier molecular flexibility index (Phi) is 4.64. The van der Waals surface area contributed by atoms with Crippen LogP contribution < -0.4 is 0 Å². The van der Waals surface area contributed by atoms with Crippen LogP contribution in [0.2, 0.25) is 0 Å². The molecule has 4 heteroatoms. The van der Waals surface area contributed by atoms with Gasteiger partial charge < -0.3 is 9.47 Å². The Labute approximate surface area is 170 Å². The second-order valence-electron chi connectivity index (χ2n) is 7.98. The van der Waals surface area contributed by atoms with E-state index in [2.05, 4.69) is 45.9 Å². The van der Waals surface area contributed by atoms with Crippen LogP contribution in [-0.2, 0) is 0 Å². The van der Waals surface area contributed by atoms with Gasteiger partial charge in [-0.1, -0.05) is 6.07 Å². The molecule has 0 aliphatic carbocycles. The molecule has 0 atom stereocenters. The molecule has 1 aliphatic rings. The fourth-order valence-electron chi connectivity index (χ4n) is 4.44. The first-order valence-electron chi connectivity index (χ1n) is 10.2. The lowest BCUT2D eigenvalue weighted by molar-refractivity contribution is 0.256. The average Bonchev–Trinajstić information content (AvgIpc) is 3.14. The van der Waals surface area contributed by atoms with Gasteiger partial charge in [-0.2, -0.15) is 0 Å². The predicted octanol–water partition coefficient (Wildman–Crippen LogP) is 5.64. The number of hydrogen-bond acceptors (Lipinski definition) is 2. The van der Waals surface area contributed by atoms with Crippen molar-refractivity contribution < 1.29 is 4.39 Å². The van der Waals surface area contributed by atoms with Crippen molar-refractivity contribution in [2.45, 2.75) is 18.8 Å². The molecule has 0 spiro atoms. The molecule has 5 rings (SSSR count). The molecule has 29 heavy (non-hydrogen) atoms. The van der Waals surface area contributed by atoms with E-state index in [0.717, 1.165) is 18.8 Å². The molecule has 1 aliphatic heterocycles. The lowest BCUT2D eigenvalue weighted by atomic mass is 9.89. The molecule has 0 amide bonds. The van der Waals surface area contributed by atoms with Gasteiger partial charge in [-0.3, -0.25) is 4.98 Å². The zero-order valence-corrected chi connectivity index (χ0v) is 16.6. The third-order valence-corrected chi connectivity index (χ3v) is 6.11. The summed E-state index contributed by atoms with van der Waals surface area (Å²) in [5.41, 5.74) is 5.93. The quantitative estimate of drug-likeness (QED) is 0.455. The number of aromatic nitrogens is 2. The molecule has 4 aromatic rings. The number of rotatable bonds is 3. The van der Waals surface area contributed by atoms with Gasteiger partial charge in [0.1, 0.15) is 5.82 Å². The number of halogens is 1. The summed E-state index contributed by atoms with van der Waals surface area (Å²) in [6.45, 7) is 2.25. The Morgan fingerprint density at radius 1 is 0.897 bits per heavy atom. The van der Waals surface area contributed by atoms with Crippen LogP contribution in [0, 0.1) is 5.82 Å². The van der Waals surface area contributed by atoms with Crippen molar-refractivity contribution in [2.24, 2.45) is 0 Å². The maximum atomic E-state index is 13.5. The fraction of sp³-hybridized carbons (Fsp3) is 0.240. The maximum Gasteiger partial charge on any atom is 0.123 e. The smallest absolute Gasteiger partial charge is 0.123 e. The Morgan fingerprint density at radius 2 is 1.62 bits per heavy atom. The lowest BCUT2D eigenvalue weighted by Gasteiger charge is -2.28. The molecule has 3 heterocycles. The Hall–Kier alpha value is -2.98. The van der Waals surface area contributed by atoms with Gasteiger partial charge in [0, 0.05) is 29.7 Å². The van der Waals surface area contributed by atoms with E-state index in [-0.39, 0.29) is 5.82 Å². The number of fused-ring (bicyclic) bond motifs is 1. The molecule has 146 valence electrons. The molecule has 2 aromatic carbocycles. The zero-order chi connectivity index (χ0) is 19.8. The van der Waals surface area contributed by atoms with E-state index in [0.29, 0.717) is 5.92 Å². The van der Waals surface area contributed by atoms with Crippen molar-refractivity contribution in [1.82, 2.24) is 14.5 Å². The van der Waals surface area contributed by atoms with E-state index >= 15 is 0 Å². The Bertz CT molecular complexity index is 1120. The van der Waals surface area contributed by atoms with Crippen LogP contribution in [0.25, 0.3) is 27.7 Å². The van der Waals surface area contributed by atoms with Crippen LogP contribution in [0.4, 0.5) is 4.39 Å². The summed E-state index contributed by atoms with van der Waals surface area (Å²) < 4.78 is 15.7. The summed E-state index contributed by atoms with van der Waals surface area (Å²) in [4.78, 5) is 6.54. The third kappa shape index (κ3) is 3.45. The van der Waals surface area contributed by atoms with Crippen molar-refractivity contribution in [1.29, 1.82) is 0 Å². The molecular weight excluding hydrogens is 361 g/mol. The lowest BCUT2D eigenvalue weighted by Crippen LogP contribution is -2.29. The fourth-order valence-corrected chi connectivity index (χ4v) is 4.44. The topological polar surface area (TPSA) is 21.1 Å². The molecule has 3 nitrogen and oxygen atoms in total. The molecule has 1 saturated heterocycles. The largest absolute Gasteiger partial charge is 0.316 e. The second-order valence-corrected chi connectivity index (χ2v) is 7.98. The summed E-state index contributed by atoms with van der Waals surface area (Å²) in [7, 11) is 2.19. The number of likely N-dealkylation sites (tertiary alicyclic amines) is 1. The van der Waals surface area contributed by atoms with E-state index in [1.54, 1.807) is 0 Å². The molecular formula is C25H24FN3. The van der Waals surface area contributed by atoms with Gasteiger partial charge >= 0.3 is 0 Å². The maximum absolute atomic E-state index is 13.5. The SMILES string of the molecule is CN1CCC(c2cn(-c3ccc(F)cc3)c3ccc(-c4ccncc4)cc23)CC1. The molecule has 0 radical (unpaired) electrons. The number of pyridine rings is 1. The van der Waals surface area contributed by atoms with E-state index in [1.165, 1.54) is 52.6 Å². The van der Waals surface area contributed by atoms with Gasteiger partial charge in [0.15, 0.2) is 0 Å². The highest BCUT2D eigenvalue weighted by molar-refractivity contribution is 5.90. The van der Waals surface area contributed by atoms with Crippen molar-refractivity contribution in [3.05, 3.63) is 84.6 Å². The van der Waals surface area contributed by atoms with Gasteiger partial charge in [0.2, 0.25) is 0 Å². The monoisotopic (exact) mass is 385 g/mol. The van der Waals surface area contributed by atoms with Crippen LogP contribution in [0.3, 0.4) is 0 Å². The third-order valence-electron chi connectivity index (χ3n) is 6.11. The number of nitrogens with zero attached hydrogens (tertiary/aromatic N) is 3. The van der Waals surface area contributed by atoms with Crippen molar-refractivity contribution >= 4 is 10.9 Å². The van der Waals surface area contributed by atoms with Gasteiger partial charge in [-0.25, -0.2) is 4.39 Å². The van der Waals surface area contributed by atoms with Crippen LogP contribution in [0.15, 0.2) is 73.2 Å². The Balaban J connectivity index is 1.67. The van der Waals surface area contributed by atoms with Crippen LogP contribution >= 0.6 is 0 Å².